The molecule has 2 bridgehead atoms. The van der Waals surface area contributed by atoms with Crippen LogP contribution in [0, 0.1) is 17.8 Å². The SMILES string of the molecule is I.O=S(=O)(O)C(F)(F)C(F)(F)C1CC2CCC1C2. The van der Waals surface area contributed by atoms with Gasteiger partial charge in [-0.3, -0.25) is 4.55 Å². The predicted molar refractivity (Wildman–Crippen MR) is 65.8 cm³/mol. The van der Waals surface area contributed by atoms with E-state index in [1.54, 1.807) is 0 Å². The molecule has 2 fully saturated rings. The molecule has 0 aromatic rings. The molecule has 0 aliphatic heterocycles. The van der Waals surface area contributed by atoms with Gasteiger partial charge in [0, 0.05) is 5.92 Å². The van der Waals surface area contributed by atoms with Crippen LogP contribution in [0.25, 0.3) is 0 Å². The fourth-order valence-electron chi connectivity index (χ4n) is 3.08. The van der Waals surface area contributed by atoms with Gasteiger partial charge in [-0.2, -0.15) is 26.0 Å². The lowest BCUT2D eigenvalue weighted by molar-refractivity contribution is -0.202. The van der Waals surface area contributed by atoms with Crippen LogP contribution in [-0.2, 0) is 10.1 Å². The lowest BCUT2D eigenvalue weighted by Gasteiger charge is -2.33. The van der Waals surface area contributed by atoms with Crippen molar-refractivity contribution in [3.05, 3.63) is 0 Å². The van der Waals surface area contributed by atoms with Crippen LogP contribution < -0.4 is 0 Å². The molecule has 0 spiro atoms. The zero-order valence-corrected chi connectivity index (χ0v) is 12.3. The average molecular weight is 404 g/mol. The van der Waals surface area contributed by atoms with Crippen LogP contribution >= 0.6 is 24.0 Å². The van der Waals surface area contributed by atoms with Crippen LogP contribution in [0.4, 0.5) is 17.6 Å². The Kier molecular flexibility index (Phi) is 4.31. The summed E-state index contributed by atoms with van der Waals surface area (Å²) in [6, 6.07) is 0. The summed E-state index contributed by atoms with van der Waals surface area (Å²) in [6.07, 6.45) is 1.51. The van der Waals surface area contributed by atoms with Crippen LogP contribution in [0.15, 0.2) is 0 Å². The van der Waals surface area contributed by atoms with Crippen molar-refractivity contribution < 1.29 is 30.5 Å². The number of alkyl halides is 4. The Labute approximate surface area is 119 Å². The fraction of sp³-hybridized carbons (Fsp3) is 1.00. The molecule has 108 valence electrons. The summed E-state index contributed by atoms with van der Waals surface area (Å²) in [6.45, 7) is 0. The molecule has 0 aromatic carbocycles. The zero-order valence-electron chi connectivity index (χ0n) is 9.15. The largest absolute Gasteiger partial charge is 0.431 e. The first-order chi connectivity index (χ1) is 7.57. The highest BCUT2D eigenvalue weighted by atomic mass is 127. The lowest BCUT2D eigenvalue weighted by atomic mass is 9.84. The Morgan fingerprint density at radius 1 is 1.06 bits per heavy atom. The van der Waals surface area contributed by atoms with E-state index in [0.717, 1.165) is 6.42 Å². The summed E-state index contributed by atoms with van der Waals surface area (Å²) < 4.78 is 82.4. The molecule has 0 amide bonds. The molecule has 1 N–H and O–H groups in total. The molecule has 0 heterocycles. The van der Waals surface area contributed by atoms with Crippen molar-refractivity contribution in [2.24, 2.45) is 17.8 Å². The third kappa shape index (κ3) is 2.26. The number of rotatable bonds is 3. The molecule has 0 aromatic heterocycles. The van der Waals surface area contributed by atoms with E-state index in [2.05, 4.69) is 0 Å². The van der Waals surface area contributed by atoms with Gasteiger partial charge in [-0.1, -0.05) is 6.42 Å². The molecular weight excluding hydrogens is 391 g/mol. The van der Waals surface area contributed by atoms with Crippen molar-refractivity contribution in [2.75, 3.05) is 0 Å². The second-order valence-electron chi connectivity index (χ2n) is 4.90. The molecule has 0 radical (unpaired) electrons. The normalized spacial score (nSPS) is 32.4. The highest BCUT2D eigenvalue weighted by Crippen LogP contribution is 2.58. The number of fused-ring (bicyclic) bond motifs is 2. The van der Waals surface area contributed by atoms with E-state index >= 15 is 0 Å². The van der Waals surface area contributed by atoms with Gasteiger partial charge in [0.1, 0.15) is 0 Å². The number of hydrogen-bond acceptors (Lipinski definition) is 2. The van der Waals surface area contributed by atoms with Crippen LogP contribution in [-0.4, -0.2) is 24.1 Å². The van der Waals surface area contributed by atoms with E-state index in [9.17, 15) is 26.0 Å². The van der Waals surface area contributed by atoms with Crippen LogP contribution in [0.5, 0.6) is 0 Å². The van der Waals surface area contributed by atoms with E-state index in [4.69, 9.17) is 4.55 Å². The molecule has 3 nitrogen and oxygen atoms in total. The Balaban J connectivity index is 0.00000162. The highest BCUT2D eigenvalue weighted by Gasteiger charge is 2.71. The van der Waals surface area contributed by atoms with Gasteiger partial charge in [-0.25, -0.2) is 0 Å². The van der Waals surface area contributed by atoms with Crippen molar-refractivity contribution in [1.29, 1.82) is 0 Å². The summed E-state index contributed by atoms with van der Waals surface area (Å²) in [7, 11) is -6.10. The first-order valence-electron chi connectivity index (χ1n) is 5.30. The fourth-order valence-corrected chi connectivity index (χ4v) is 3.57. The Morgan fingerprint density at radius 3 is 1.94 bits per heavy atom. The summed E-state index contributed by atoms with van der Waals surface area (Å²) in [5.74, 6) is -6.95. The molecule has 2 aliphatic rings. The summed E-state index contributed by atoms with van der Waals surface area (Å²) in [5, 5.41) is -5.41. The minimum Gasteiger partial charge on any atom is -0.281 e. The van der Waals surface area contributed by atoms with Crippen LogP contribution in [0.3, 0.4) is 0 Å². The third-order valence-electron chi connectivity index (χ3n) is 3.92. The minimum atomic E-state index is -6.10. The lowest BCUT2D eigenvalue weighted by Crippen LogP contribution is -2.52. The van der Waals surface area contributed by atoms with Gasteiger partial charge in [0.05, 0.1) is 0 Å². The van der Waals surface area contributed by atoms with Gasteiger partial charge < -0.3 is 0 Å². The van der Waals surface area contributed by atoms with Gasteiger partial charge in [0.25, 0.3) is 0 Å². The molecule has 2 saturated carbocycles. The van der Waals surface area contributed by atoms with Crippen molar-refractivity contribution in [3.63, 3.8) is 0 Å². The quantitative estimate of drug-likeness (QED) is 0.447. The number of halogens is 5. The van der Waals surface area contributed by atoms with E-state index in [1.807, 2.05) is 0 Å². The Morgan fingerprint density at radius 2 is 1.61 bits per heavy atom. The number of hydrogen-bond donors (Lipinski definition) is 1. The zero-order chi connectivity index (χ0) is 13.1. The first kappa shape index (κ1) is 16.4. The summed E-state index contributed by atoms with van der Waals surface area (Å²) >= 11 is 0. The topological polar surface area (TPSA) is 54.4 Å². The first-order valence-corrected chi connectivity index (χ1v) is 6.74. The Hall–Kier alpha value is 0.360. The van der Waals surface area contributed by atoms with Gasteiger partial charge >= 0.3 is 21.3 Å². The van der Waals surface area contributed by atoms with Gasteiger partial charge in [0.2, 0.25) is 0 Å². The second kappa shape index (κ2) is 4.72. The van der Waals surface area contributed by atoms with Crippen molar-refractivity contribution in [3.8, 4) is 0 Å². The highest BCUT2D eigenvalue weighted by molar-refractivity contribution is 14.0. The van der Waals surface area contributed by atoms with E-state index in [1.165, 1.54) is 0 Å². The van der Waals surface area contributed by atoms with Crippen molar-refractivity contribution in [2.45, 2.75) is 36.9 Å². The van der Waals surface area contributed by atoms with Gasteiger partial charge in [-0.15, -0.1) is 24.0 Å². The maximum absolute atomic E-state index is 13.6. The molecule has 9 heteroatoms. The molecular formula is C9H13F4IO3S. The minimum absolute atomic E-state index is 0. The summed E-state index contributed by atoms with van der Waals surface area (Å²) in [4.78, 5) is 0. The second-order valence-corrected chi connectivity index (χ2v) is 6.36. The van der Waals surface area contributed by atoms with Gasteiger partial charge in [0.15, 0.2) is 0 Å². The Bertz CT molecular complexity index is 426. The molecule has 2 rings (SSSR count). The van der Waals surface area contributed by atoms with E-state index < -0.39 is 33.1 Å². The molecule has 3 atom stereocenters. The maximum Gasteiger partial charge on any atom is 0.431 e. The monoisotopic (exact) mass is 404 g/mol. The molecule has 2 aliphatic carbocycles. The predicted octanol–water partition coefficient (Wildman–Crippen LogP) is 3.16. The van der Waals surface area contributed by atoms with Crippen molar-refractivity contribution >= 4 is 34.1 Å². The smallest absolute Gasteiger partial charge is 0.281 e. The van der Waals surface area contributed by atoms with E-state index in [-0.39, 0.29) is 36.3 Å². The average Bonchev–Trinajstić information content (AvgIpc) is 2.76. The molecule has 3 unspecified atom stereocenters. The summed E-state index contributed by atoms with van der Waals surface area (Å²) in [5.41, 5.74) is 0. The van der Waals surface area contributed by atoms with Gasteiger partial charge in [-0.05, 0) is 31.1 Å². The van der Waals surface area contributed by atoms with Crippen LogP contribution in [0.2, 0.25) is 0 Å². The standard InChI is InChI=1S/C9H12F4O3S.HI/c10-8(11,9(12,13)17(14,15)16)7-4-5-1-2-6(7)3-5;/h5-7H,1-4H2,(H,14,15,16);1H. The van der Waals surface area contributed by atoms with E-state index in [0.29, 0.717) is 12.8 Å². The maximum atomic E-state index is 13.6. The van der Waals surface area contributed by atoms with Crippen molar-refractivity contribution in [1.82, 2.24) is 0 Å². The van der Waals surface area contributed by atoms with Crippen LogP contribution in [0.1, 0.15) is 25.7 Å². The third-order valence-corrected chi connectivity index (χ3v) is 4.84. The molecule has 18 heavy (non-hydrogen) atoms. The molecule has 0 saturated heterocycles.